The molecule has 3 aromatic rings. The summed E-state index contributed by atoms with van der Waals surface area (Å²) in [5, 5.41) is 5.68. The maximum absolute atomic E-state index is 13.2. The molecule has 1 aliphatic rings. The molecule has 1 atom stereocenters. The van der Waals surface area contributed by atoms with Crippen LogP contribution < -0.4 is 22.1 Å². The van der Waals surface area contributed by atoms with E-state index >= 15 is 0 Å². The first-order chi connectivity index (χ1) is 20.8. The Morgan fingerprint density at radius 2 is 1.72 bits per heavy atom. The lowest BCUT2D eigenvalue weighted by Gasteiger charge is -2.22. The molecule has 1 aromatic heterocycles. The number of aliphatic imine (C=N–C) groups is 1. The van der Waals surface area contributed by atoms with Crippen LogP contribution in [-0.4, -0.2) is 52.6 Å². The molecule has 3 amide bonds. The van der Waals surface area contributed by atoms with E-state index in [9.17, 15) is 14.4 Å². The number of carbonyl (C=O) groups is 3. The fourth-order valence-electron chi connectivity index (χ4n) is 4.86. The van der Waals surface area contributed by atoms with Crippen LogP contribution >= 0.6 is 0 Å². The first-order valence-corrected chi connectivity index (χ1v) is 14.6. The molecule has 0 saturated carbocycles. The highest BCUT2D eigenvalue weighted by Crippen LogP contribution is 2.29. The van der Waals surface area contributed by atoms with Crippen molar-refractivity contribution in [1.29, 1.82) is 0 Å². The summed E-state index contributed by atoms with van der Waals surface area (Å²) in [6.07, 6.45) is 7.37. The first kappa shape index (κ1) is 31.1. The molecule has 0 saturated heterocycles. The first-order valence-electron chi connectivity index (χ1n) is 14.6. The quantitative estimate of drug-likeness (QED) is 0.254. The average Bonchev–Trinajstić information content (AvgIpc) is 3.17. The second-order valence-corrected chi connectivity index (χ2v) is 10.6. The molecule has 0 fully saturated rings. The van der Waals surface area contributed by atoms with Crippen molar-refractivity contribution in [2.24, 2.45) is 16.5 Å². The third kappa shape index (κ3) is 8.59. The van der Waals surface area contributed by atoms with Crippen molar-refractivity contribution in [3.8, 4) is 0 Å². The molecule has 2 heterocycles. The van der Waals surface area contributed by atoms with E-state index in [4.69, 9.17) is 11.5 Å². The Kier molecular flexibility index (Phi) is 10.8. The van der Waals surface area contributed by atoms with Gasteiger partial charge in [-0.1, -0.05) is 50.2 Å². The summed E-state index contributed by atoms with van der Waals surface area (Å²) in [6, 6.07) is 15.8. The van der Waals surface area contributed by atoms with Gasteiger partial charge in [0.2, 0.25) is 11.8 Å². The molecule has 10 nitrogen and oxygen atoms in total. The Bertz CT molecular complexity index is 1510. The van der Waals surface area contributed by atoms with Crippen molar-refractivity contribution in [2.75, 3.05) is 18.4 Å². The van der Waals surface area contributed by atoms with Gasteiger partial charge in [-0.3, -0.25) is 19.4 Å². The van der Waals surface area contributed by atoms with Crippen LogP contribution in [0.1, 0.15) is 60.2 Å². The smallest absolute Gasteiger partial charge is 0.255 e. The molecule has 224 valence electrons. The summed E-state index contributed by atoms with van der Waals surface area (Å²) in [5.74, 6) is -0.360. The standard InChI is InChI=1S/C33H39N7O3/c1-3-12-40(13-4-2)33(43)26-16-24-10-11-25(17-29(24)39-30(35)18-26)31(41)38-27-14-23(19-36-21-27)20-37-32(42)28(34)15-22-8-6-5-7-9-22/h5-11,14,16-17,19,21,28H,3-4,12-13,15,18,20,34H2,1-2H3,(H2,35,39)(H,37,42)(H,38,41)/t28-/m1/s1. The molecule has 0 aliphatic carbocycles. The van der Waals surface area contributed by atoms with E-state index in [-0.39, 0.29) is 30.7 Å². The summed E-state index contributed by atoms with van der Waals surface area (Å²) in [7, 11) is 0. The predicted molar refractivity (Wildman–Crippen MR) is 170 cm³/mol. The van der Waals surface area contributed by atoms with Crippen molar-refractivity contribution in [3.63, 3.8) is 0 Å². The van der Waals surface area contributed by atoms with Gasteiger partial charge < -0.3 is 27.0 Å². The van der Waals surface area contributed by atoms with Crippen LogP contribution in [0.15, 0.2) is 77.6 Å². The molecule has 0 unspecified atom stereocenters. The lowest BCUT2D eigenvalue weighted by molar-refractivity contribution is -0.127. The van der Waals surface area contributed by atoms with Crippen molar-refractivity contribution in [3.05, 3.63) is 94.8 Å². The van der Waals surface area contributed by atoms with Crippen LogP contribution in [-0.2, 0) is 22.6 Å². The molecule has 0 spiro atoms. The number of nitrogens with zero attached hydrogens (tertiary/aromatic N) is 3. The van der Waals surface area contributed by atoms with Crippen LogP contribution in [0.3, 0.4) is 0 Å². The van der Waals surface area contributed by atoms with Crippen molar-refractivity contribution in [2.45, 2.75) is 52.1 Å². The molecule has 1 aliphatic heterocycles. The van der Waals surface area contributed by atoms with Gasteiger partial charge in [-0.15, -0.1) is 0 Å². The third-order valence-corrected chi connectivity index (χ3v) is 6.96. The molecule has 4 rings (SSSR count). The molecule has 10 heteroatoms. The molecule has 6 N–H and O–H groups in total. The summed E-state index contributed by atoms with van der Waals surface area (Å²) < 4.78 is 0. The summed E-state index contributed by atoms with van der Waals surface area (Å²) >= 11 is 0. The van der Waals surface area contributed by atoms with E-state index in [0.717, 1.165) is 24.0 Å². The molecule has 2 aromatic carbocycles. The zero-order valence-corrected chi connectivity index (χ0v) is 24.7. The number of hydrogen-bond donors (Lipinski definition) is 4. The number of fused-ring (bicyclic) bond motifs is 1. The second kappa shape index (κ2) is 14.9. The van der Waals surface area contributed by atoms with Gasteiger partial charge in [-0.25, -0.2) is 4.99 Å². The van der Waals surface area contributed by atoms with Crippen LogP contribution in [0.4, 0.5) is 11.4 Å². The molecule has 0 radical (unpaired) electrons. The summed E-state index contributed by atoms with van der Waals surface area (Å²) in [4.78, 5) is 49.4. The lowest BCUT2D eigenvalue weighted by atomic mass is 10.0. The van der Waals surface area contributed by atoms with Gasteiger partial charge in [-0.2, -0.15) is 0 Å². The number of anilines is 1. The maximum atomic E-state index is 13.2. The monoisotopic (exact) mass is 581 g/mol. The van der Waals surface area contributed by atoms with Crippen molar-refractivity contribution in [1.82, 2.24) is 15.2 Å². The minimum Gasteiger partial charge on any atom is -0.387 e. The number of nitrogens with two attached hydrogens (primary N) is 2. The normalized spacial score (nSPS) is 13.1. The summed E-state index contributed by atoms with van der Waals surface area (Å²) in [5.41, 5.74) is 16.6. The summed E-state index contributed by atoms with van der Waals surface area (Å²) in [6.45, 7) is 5.66. The Morgan fingerprint density at radius 3 is 2.44 bits per heavy atom. The third-order valence-electron chi connectivity index (χ3n) is 6.96. The topological polar surface area (TPSA) is 156 Å². The Morgan fingerprint density at radius 1 is 0.977 bits per heavy atom. The van der Waals surface area contributed by atoms with Crippen LogP contribution in [0.5, 0.6) is 0 Å². The highest BCUT2D eigenvalue weighted by molar-refractivity contribution is 6.07. The van der Waals surface area contributed by atoms with E-state index in [1.54, 1.807) is 30.5 Å². The Labute approximate surface area is 252 Å². The zero-order chi connectivity index (χ0) is 30.8. The van der Waals surface area contributed by atoms with Crippen molar-refractivity contribution < 1.29 is 14.4 Å². The average molecular weight is 582 g/mol. The number of nitrogens with one attached hydrogen (secondary N) is 2. The number of amidine groups is 1. The highest BCUT2D eigenvalue weighted by atomic mass is 16.2. The number of pyridine rings is 1. The Balaban J connectivity index is 1.41. The SMILES string of the molecule is CCCN(CCC)C(=O)C1=Cc2ccc(C(=O)Nc3cncc(CNC(=O)[C@H](N)Cc4ccccc4)c3)cc2N=C(N)C1. The predicted octanol–water partition coefficient (Wildman–Crippen LogP) is 3.94. The number of benzene rings is 2. The van der Waals surface area contributed by atoms with E-state index in [1.807, 2.05) is 55.2 Å². The van der Waals surface area contributed by atoms with Gasteiger partial charge >= 0.3 is 0 Å². The van der Waals surface area contributed by atoms with Crippen LogP contribution in [0.2, 0.25) is 0 Å². The number of hydrogen-bond acceptors (Lipinski definition) is 7. The largest absolute Gasteiger partial charge is 0.387 e. The highest BCUT2D eigenvalue weighted by Gasteiger charge is 2.21. The lowest BCUT2D eigenvalue weighted by Crippen LogP contribution is -2.41. The van der Waals surface area contributed by atoms with Gasteiger partial charge in [0.15, 0.2) is 0 Å². The van der Waals surface area contributed by atoms with E-state index in [0.29, 0.717) is 53.4 Å². The van der Waals surface area contributed by atoms with Gasteiger partial charge in [0.05, 0.1) is 23.6 Å². The van der Waals surface area contributed by atoms with Gasteiger partial charge in [-0.05, 0) is 54.7 Å². The molecule has 0 bridgehead atoms. The maximum Gasteiger partial charge on any atom is 0.255 e. The minimum absolute atomic E-state index is 0.0433. The van der Waals surface area contributed by atoms with Gasteiger partial charge in [0.25, 0.3) is 5.91 Å². The van der Waals surface area contributed by atoms with E-state index in [2.05, 4.69) is 20.6 Å². The van der Waals surface area contributed by atoms with Gasteiger partial charge in [0, 0.05) is 49.0 Å². The Hall–Kier alpha value is -4.83. The molecule has 43 heavy (non-hydrogen) atoms. The fraction of sp³-hybridized carbons (Fsp3) is 0.303. The molecular formula is C33H39N7O3. The zero-order valence-electron chi connectivity index (χ0n) is 24.7. The van der Waals surface area contributed by atoms with Gasteiger partial charge in [0.1, 0.15) is 5.84 Å². The molecular weight excluding hydrogens is 542 g/mol. The van der Waals surface area contributed by atoms with E-state index in [1.165, 1.54) is 6.20 Å². The minimum atomic E-state index is -0.682. The van der Waals surface area contributed by atoms with E-state index < -0.39 is 6.04 Å². The fourth-order valence-corrected chi connectivity index (χ4v) is 4.86. The van der Waals surface area contributed by atoms with Crippen molar-refractivity contribution >= 4 is 41.0 Å². The number of carbonyl (C=O) groups excluding carboxylic acids is 3. The van der Waals surface area contributed by atoms with Crippen LogP contribution in [0, 0.1) is 0 Å². The number of amides is 3. The number of rotatable bonds is 12. The second-order valence-electron chi connectivity index (χ2n) is 10.6. The van der Waals surface area contributed by atoms with Crippen LogP contribution in [0.25, 0.3) is 6.08 Å². The number of aromatic nitrogens is 1.